The number of nitrogens with one attached hydrogen (secondary N) is 4. The van der Waals surface area contributed by atoms with Crippen LogP contribution in [0.2, 0.25) is 0 Å². The van der Waals surface area contributed by atoms with E-state index in [9.17, 15) is 28.8 Å². The van der Waals surface area contributed by atoms with Crippen LogP contribution in [0.4, 0.5) is 11.4 Å². The summed E-state index contributed by atoms with van der Waals surface area (Å²) in [6.07, 6.45) is 0. The van der Waals surface area contributed by atoms with Crippen LogP contribution in [-0.4, -0.2) is 75.7 Å². The van der Waals surface area contributed by atoms with Crippen LogP contribution in [0, 0.1) is 0 Å². The number of fused-ring (bicyclic) bond motifs is 2. The van der Waals surface area contributed by atoms with Gasteiger partial charge in [-0.05, 0) is 36.4 Å². The number of carbonyl (C=O) groups is 6. The normalized spacial score (nSPS) is 11.7. The van der Waals surface area contributed by atoms with Crippen molar-refractivity contribution in [3.8, 4) is 0 Å². The molecule has 4 N–H and O–H groups in total. The second-order valence-corrected chi connectivity index (χ2v) is 7.63. The largest absolute Gasteiger partial charge is 0.468 e. The van der Waals surface area contributed by atoms with Crippen LogP contribution in [0.15, 0.2) is 36.4 Å². The van der Waals surface area contributed by atoms with Gasteiger partial charge < -0.3 is 20.1 Å². The molecule has 36 heavy (non-hydrogen) atoms. The van der Waals surface area contributed by atoms with Crippen molar-refractivity contribution in [2.45, 2.75) is 0 Å². The average molecular weight is 496 g/mol. The summed E-state index contributed by atoms with van der Waals surface area (Å²) >= 11 is 0. The lowest BCUT2D eigenvalue weighted by atomic mass is 9.83. The number of anilines is 2. The molecule has 0 bridgehead atoms. The first-order chi connectivity index (χ1) is 17.2. The van der Waals surface area contributed by atoms with Crippen LogP contribution in [0.3, 0.4) is 0 Å². The lowest BCUT2D eigenvalue weighted by Crippen LogP contribution is -2.32. The van der Waals surface area contributed by atoms with Crippen molar-refractivity contribution in [1.82, 2.24) is 10.6 Å². The Morgan fingerprint density at radius 2 is 1.00 bits per heavy atom. The van der Waals surface area contributed by atoms with E-state index in [-0.39, 0.29) is 48.4 Å². The Kier molecular flexibility index (Phi) is 8.60. The minimum atomic E-state index is -0.516. The molecular weight excluding hydrogens is 472 g/mol. The van der Waals surface area contributed by atoms with Crippen molar-refractivity contribution in [2.24, 2.45) is 0 Å². The molecule has 0 saturated carbocycles. The van der Waals surface area contributed by atoms with Gasteiger partial charge >= 0.3 is 11.9 Å². The first kappa shape index (κ1) is 26.2. The fourth-order valence-corrected chi connectivity index (χ4v) is 3.42. The Bertz CT molecular complexity index is 1150. The highest BCUT2D eigenvalue weighted by atomic mass is 16.5. The highest BCUT2D eigenvalue weighted by molar-refractivity contribution is 6.29. The highest BCUT2D eigenvalue weighted by Crippen LogP contribution is 2.31. The first-order valence-corrected chi connectivity index (χ1v) is 10.8. The van der Waals surface area contributed by atoms with E-state index in [1.165, 1.54) is 50.6 Å². The molecule has 0 fully saturated rings. The van der Waals surface area contributed by atoms with E-state index >= 15 is 0 Å². The van der Waals surface area contributed by atoms with Gasteiger partial charge in [-0.2, -0.15) is 0 Å². The molecule has 0 unspecified atom stereocenters. The van der Waals surface area contributed by atoms with Crippen LogP contribution in [0.5, 0.6) is 0 Å². The molecule has 0 aromatic heterocycles. The van der Waals surface area contributed by atoms with Crippen LogP contribution < -0.4 is 21.3 Å². The molecule has 2 amide bonds. The standard InChI is InChI=1S/C24H24N4O8/c1-35-21(31)11-25-9-19(29)27-13-3-5-15-17(7-13)23(33)16-6-4-14(8-18(16)24(15)34)28-20(30)10-26-12-22(32)36-2/h3-8,25-26H,9-12H2,1-2H3,(H,27,29)(H,28,30). The van der Waals surface area contributed by atoms with Crippen molar-refractivity contribution < 1.29 is 38.2 Å². The van der Waals surface area contributed by atoms with Gasteiger partial charge in [-0.3, -0.25) is 39.4 Å². The van der Waals surface area contributed by atoms with E-state index in [0.717, 1.165) is 0 Å². The number of carbonyl (C=O) groups excluding carboxylic acids is 6. The average Bonchev–Trinajstić information content (AvgIpc) is 2.86. The highest BCUT2D eigenvalue weighted by Gasteiger charge is 2.30. The van der Waals surface area contributed by atoms with E-state index in [1.54, 1.807) is 0 Å². The zero-order chi connectivity index (χ0) is 26.2. The van der Waals surface area contributed by atoms with Gasteiger partial charge in [0.15, 0.2) is 11.6 Å². The zero-order valence-corrected chi connectivity index (χ0v) is 19.6. The molecule has 2 aromatic carbocycles. The fraction of sp³-hybridized carbons (Fsp3) is 0.250. The van der Waals surface area contributed by atoms with Crippen LogP contribution >= 0.6 is 0 Å². The van der Waals surface area contributed by atoms with E-state index in [4.69, 9.17) is 0 Å². The number of hydrogen-bond donors (Lipinski definition) is 4. The number of ketones is 2. The topological polar surface area (TPSA) is 169 Å². The smallest absolute Gasteiger partial charge is 0.319 e. The van der Waals surface area contributed by atoms with Gasteiger partial charge in [-0.15, -0.1) is 0 Å². The third-order valence-corrected chi connectivity index (χ3v) is 5.15. The summed E-state index contributed by atoms with van der Waals surface area (Å²) in [6.45, 7) is -0.585. The van der Waals surface area contributed by atoms with E-state index in [1.807, 2.05) is 0 Å². The maximum Gasteiger partial charge on any atom is 0.319 e. The van der Waals surface area contributed by atoms with Gasteiger partial charge in [0, 0.05) is 33.6 Å². The van der Waals surface area contributed by atoms with Crippen molar-refractivity contribution in [1.29, 1.82) is 0 Å². The van der Waals surface area contributed by atoms with Crippen molar-refractivity contribution in [3.63, 3.8) is 0 Å². The second kappa shape index (κ2) is 11.8. The summed E-state index contributed by atoms with van der Waals surface area (Å²) in [5.74, 6) is -2.74. The number of rotatable bonds is 10. The van der Waals surface area contributed by atoms with E-state index < -0.39 is 35.3 Å². The summed E-state index contributed by atoms with van der Waals surface area (Å²) in [6, 6.07) is 8.70. The second-order valence-electron chi connectivity index (χ2n) is 7.63. The molecule has 2 aromatic rings. The zero-order valence-electron chi connectivity index (χ0n) is 19.6. The predicted molar refractivity (Wildman–Crippen MR) is 127 cm³/mol. The molecule has 0 saturated heterocycles. The Morgan fingerprint density at radius 1 is 0.611 bits per heavy atom. The summed E-state index contributed by atoms with van der Waals surface area (Å²) < 4.78 is 8.95. The predicted octanol–water partition coefficient (Wildman–Crippen LogP) is -0.136. The number of ether oxygens (including phenoxy) is 2. The number of methoxy groups -OCH3 is 2. The number of benzene rings is 2. The van der Waals surface area contributed by atoms with Gasteiger partial charge in [0.05, 0.1) is 40.4 Å². The molecule has 12 heteroatoms. The Balaban J connectivity index is 1.68. The SMILES string of the molecule is COC(=O)CNCC(=O)Nc1ccc2c(c1)C(=O)c1ccc(NC(=O)CNCC(=O)OC)cc1C2=O. The van der Waals surface area contributed by atoms with E-state index in [0.29, 0.717) is 11.4 Å². The molecule has 0 atom stereocenters. The maximum atomic E-state index is 13.1. The van der Waals surface area contributed by atoms with Gasteiger partial charge in [-0.1, -0.05) is 0 Å². The molecule has 188 valence electrons. The molecule has 0 heterocycles. The van der Waals surface area contributed by atoms with Gasteiger partial charge in [0.2, 0.25) is 11.8 Å². The number of amides is 2. The quantitative estimate of drug-likeness (QED) is 0.277. The van der Waals surface area contributed by atoms with Gasteiger partial charge in [0.1, 0.15) is 0 Å². The van der Waals surface area contributed by atoms with E-state index in [2.05, 4.69) is 30.7 Å². The molecule has 12 nitrogen and oxygen atoms in total. The van der Waals surface area contributed by atoms with Crippen molar-refractivity contribution >= 4 is 46.7 Å². The molecule has 3 rings (SSSR count). The Morgan fingerprint density at radius 3 is 1.36 bits per heavy atom. The van der Waals surface area contributed by atoms with Gasteiger partial charge in [-0.25, -0.2) is 0 Å². The van der Waals surface area contributed by atoms with Crippen LogP contribution in [-0.2, 0) is 28.7 Å². The van der Waals surface area contributed by atoms with Crippen LogP contribution in [0.1, 0.15) is 31.8 Å². The lowest BCUT2D eigenvalue weighted by molar-refractivity contribution is -0.140. The minimum Gasteiger partial charge on any atom is -0.468 e. The third kappa shape index (κ3) is 6.37. The fourth-order valence-electron chi connectivity index (χ4n) is 3.42. The number of esters is 2. The summed E-state index contributed by atoms with van der Waals surface area (Å²) in [4.78, 5) is 72.5. The Hall–Kier alpha value is -4.42. The number of hydrogen-bond acceptors (Lipinski definition) is 10. The molecule has 1 aliphatic carbocycles. The first-order valence-electron chi connectivity index (χ1n) is 10.8. The lowest BCUT2D eigenvalue weighted by Gasteiger charge is -2.19. The monoisotopic (exact) mass is 496 g/mol. The molecule has 1 aliphatic rings. The van der Waals surface area contributed by atoms with Crippen molar-refractivity contribution in [2.75, 3.05) is 51.0 Å². The van der Waals surface area contributed by atoms with Crippen LogP contribution in [0.25, 0.3) is 0 Å². The molecule has 0 aliphatic heterocycles. The van der Waals surface area contributed by atoms with Gasteiger partial charge in [0.25, 0.3) is 0 Å². The summed E-state index contributed by atoms with van der Waals surface area (Å²) in [5.41, 5.74) is 1.22. The summed E-state index contributed by atoms with van der Waals surface area (Å²) in [7, 11) is 2.47. The minimum absolute atomic E-state index is 0.135. The van der Waals surface area contributed by atoms with Crippen molar-refractivity contribution in [3.05, 3.63) is 58.7 Å². The molecular formula is C24H24N4O8. The molecule has 0 radical (unpaired) electrons. The maximum absolute atomic E-state index is 13.1. The Labute approximate surface area is 205 Å². The third-order valence-electron chi connectivity index (χ3n) is 5.15. The summed E-state index contributed by atoms with van der Waals surface area (Å²) in [5, 5.41) is 10.4. The molecule has 0 spiro atoms.